The number of halogens is 3. The molecule has 2 aromatic heterocycles. The van der Waals surface area contributed by atoms with Gasteiger partial charge in [-0.2, -0.15) is 0 Å². The molecule has 2 fully saturated rings. The molecule has 3 heterocycles. The van der Waals surface area contributed by atoms with E-state index >= 15 is 0 Å². The van der Waals surface area contributed by atoms with Crippen LogP contribution in [0.3, 0.4) is 0 Å². The second-order valence-electron chi connectivity index (χ2n) is 9.65. The maximum atomic E-state index is 14.6. The summed E-state index contributed by atoms with van der Waals surface area (Å²) in [7, 11) is 0. The first kappa shape index (κ1) is 25.0. The van der Waals surface area contributed by atoms with Gasteiger partial charge in [-0.25, -0.2) is 23.1 Å². The number of hydrogen-bond acceptors (Lipinski definition) is 6. The molecule has 2 aliphatic rings. The van der Waals surface area contributed by atoms with Gasteiger partial charge in [0.1, 0.15) is 41.3 Å². The van der Waals surface area contributed by atoms with Gasteiger partial charge in [0, 0.05) is 17.8 Å². The van der Waals surface area contributed by atoms with E-state index in [0.29, 0.717) is 40.7 Å². The zero-order valence-electron chi connectivity index (χ0n) is 20.2. The number of nitrogens with one attached hydrogen (secondary N) is 2. The number of carbonyl (C=O) groups excluding carboxylic acids is 2. The lowest BCUT2D eigenvalue weighted by atomic mass is 10.1. The van der Waals surface area contributed by atoms with E-state index in [4.69, 9.17) is 4.74 Å². The van der Waals surface area contributed by atoms with Crippen LogP contribution in [0.2, 0.25) is 0 Å². The summed E-state index contributed by atoms with van der Waals surface area (Å²) in [5.74, 6) is -4.65. The Bertz CT molecular complexity index is 1370. The number of amides is 2. The first-order chi connectivity index (χ1) is 17.5. The third kappa shape index (κ3) is 4.85. The number of aromatic nitrogens is 3. The number of hydrogen-bond donors (Lipinski definition) is 3. The van der Waals surface area contributed by atoms with E-state index in [-0.39, 0.29) is 11.1 Å². The average Bonchev–Trinajstić information content (AvgIpc) is 3.54. The van der Waals surface area contributed by atoms with Crippen LogP contribution >= 0.6 is 0 Å². The van der Waals surface area contributed by atoms with E-state index in [2.05, 4.69) is 20.3 Å². The maximum Gasteiger partial charge on any atom is 0.286 e. The van der Waals surface area contributed by atoms with Crippen LogP contribution in [0.15, 0.2) is 24.5 Å². The van der Waals surface area contributed by atoms with Crippen LogP contribution < -0.4 is 10.1 Å². The fourth-order valence-electron chi connectivity index (χ4n) is 4.51. The molecule has 1 aliphatic carbocycles. The van der Waals surface area contributed by atoms with Gasteiger partial charge in [-0.05, 0) is 50.8 Å². The van der Waals surface area contributed by atoms with E-state index in [1.165, 1.54) is 31.5 Å². The highest BCUT2D eigenvalue weighted by Crippen LogP contribution is 2.37. The van der Waals surface area contributed by atoms with E-state index < -0.39 is 48.8 Å². The third-order valence-corrected chi connectivity index (χ3v) is 6.66. The molecular formula is C25H26F3N5O4. The van der Waals surface area contributed by atoms with Gasteiger partial charge in [-0.3, -0.25) is 9.59 Å². The van der Waals surface area contributed by atoms with Crippen LogP contribution in [0.1, 0.15) is 35.8 Å². The third-order valence-electron chi connectivity index (χ3n) is 6.66. The number of carbonyl (C=O) groups is 2. The van der Waals surface area contributed by atoms with E-state index in [1.807, 2.05) is 0 Å². The summed E-state index contributed by atoms with van der Waals surface area (Å²) >= 11 is 0. The number of rotatable bonds is 7. The molecular weight excluding hydrogens is 491 g/mol. The van der Waals surface area contributed by atoms with Crippen LogP contribution in [0, 0.1) is 18.7 Å². The molecule has 0 bridgehead atoms. The van der Waals surface area contributed by atoms with Crippen molar-refractivity contribution in [3.05, 3.63) is 41.6 Å². The summed E-state index contributed by atoms with van der Waals surface area (Å²) in [5, 5.41) is 11.8. The van der Waals surface area contributed by atoms with Crippen LogP contribution in [-0.2, 0) is 4.79 Å². The number of benzene rings is 1. The van der Waals surface area contributed by atoms with Crippen LogP contribution in [0.4, 0.5) is 13.2 Å². The molecule has 9 nitrogen and oxygen atoms in total. The zero-order valence-corrected chi connectivity index (χ0v) is 20.2. The van der Waals surface area contributed by atoms with Gasteiger partial charge >= 0.3 is 0 Å². The predicted octanol–water partition coefficient (Wildman–Crippen LogP) is 2.82. The molecule has 2 atom stereocenters. The Hall–Kier alpha value is -3.67. The largest absolute Gasteiger partial charge is 0.493 e. The van der Waals surface area contributed by atoms with Crippen molar-refractivity contribution in [1.29, 1.82) is 0 Å². The highest BCUT2D eigenvalue weighted by atomic mass is 19.3. The molecule has 0 unspecified atom stereocenters. The Morgan fingerprint density at radius 3 is 2.78 bits per heavy atom. The quantitative estimate of drug-likeness (QED) is 0.443. The minimum absolute atomic E-state index is 0.0339. The van der Waals surface area contributed by atoms with E-state index in [9.17, 15) is 27.9 Å². The topological polar surface area (TPSA) is 120 Å². The van der Waals surface area contributed by atoms with Crippen molar-refractivity contribution in [2.45, 2.75) is 44.8 Å². The molecule has 37 heavy (non-hydrogen) atoms. The summed E-state index contributed by atoms with van der Waals surface area (Å²) in [6.07, 6.45) is 1.93. The molecule has 1 saturated heterocycles. The number of aromatic amines is 1. The number of H-pyrrole nitrogens is 1. The van der Waals surface area contributed by atoms with Crippen molar-refractivity contribution in [3.63, 3.8) is 0 Å². The number of alkyl halides is 2. The summed E-state index contributed by atoms with van der Waals surface area (Å²) in [6.45, 7) is 1.92. The second kappa shape index (κ2) is 9.33. The predicted molar refractivity (Wildman–Crippen MR) is 127 cm³/mol. The molecule has 2 amide bonds. The molecule has 3 aromatic rings. The standard InChI is InChI=1S/C25H26F3N5O4/c1-12-19(23(35)32-18-8-33(10-25(18,27)28)24(36)13(2)34)21-22(31-12)20(29-11-30-21)16-7-15(26)5-6-17(16)37-9-14-3-4-14/h5-7,11,13-14,18,31,34H,3-4,8-10H2,1-2H3,(H,32,35)/t13-,18+/m0/s1. The Balaban J connectivity index is 1.46. The van der Waals surface area contributed by atoms with Crippen molar-refractivity contribution in [1.82, 2.24) is 25.2 Å². The minimum atomic E-state index is -3.39. The number of aliphatic hydroxyl groups excluding tert-OH is 1. The fourth-order valence-corrected chi connectivity index (χ4v) is 4.51. The SMILES string of the molecule is Cc1[nH]c2c(-c3cc(F)ccc3OCC3CC3)ncnc2c1C(=O)N[C@@H]1CN(C(=O)[C@H](C)O)CC1(F)F. The van der Waals surface area contributed by atoms with Crippen molar-refractivity contribution in [3.8, 4) is 17.0 Å². The van der Waals surface area contributed by atoms with Gasteiger partial charge in [0.05, 0.1) is 24.2 Å². The first-order valence-electron chi connectivity index (χ1n) is 12.0. The van der Waals surface area contributed by atoms with Gasteiger partial charge in [0.15, 0.2) is 0 Å². The number of nitrogens with zero attached hydrogens (tertiary/aromatic N) is 3. The average molecular weight is 518 g/mol. The second-order valence-corrected chi connectivity index (χ2v) is 9.65. The lowest BCUT2D eigenvalue weighted by Gasteiger charge is -2.18. The Labute approximate surface area is 210 Å². The summed E-state index contributed by atoms with van der Waals surface area (Å²) in [4.78, 5) is 37.6. The van der Waals surface area contributed by atoms with E-state index in [1.54, 1.807) is 6.92 Å². The first-order valence-corrected chi connectivity index (χ1v) is 12.0. The smallest absolute Gasteiger partial charge is 0.286 e. The van der Waals surface area contributed by atoms with Gasteiger partial charge in [-0.15, -0.1) is 0 Å². The molecule has 1 aliphatic heterocycles. The molecule has 196 valence electrons. The minimum Gasteiger partial charge on any atom is -0.493 e. The highest BCUT2D eigenvalue weighted by Gasteiger charge is 2.51. The summed E-state index contributed by atoms with van der Waals surface area (Å²) in [5.41, 5.74) is 1.57. The van der Waals surface area contributed by atoms with Gasteiger partial charge < -0.3 is 25.0 Å². The fraction of sp³-hybridized carbons (Fsp3) is 0.440. The summed E-state index contributed by atoms with van der Waals surface area (Å²) in [6, 6.07) is 2.44. The number of fused-ring (bicyclic) bond motifs is 1. The molecule has 1 aromatic carbocycles. The van der Waals surface area contributed by atoms with Crippen molar-refractivity contribution in [2.75, 3.05) is 19.7 Å². The normalized spacial score (nSPS) is 19.7. The Morgan fingerprint density at radius 2 is 2.08 bits per heavy atom. The van der Waals surface area contributed by atoms with Crippen molar-refractivity contribution < 1.29 is 32.6 Å². The lowest BCUT2D eigenvalue weighted by Crippen LogP contribution is -2.47. The Kier molecular flexibility index (Phi) is 6.30. The lowest BCUT2D eigenvalue weighted by molar-refractivity contribution is -0.139. The number of aryl methyl sites for hydroxylation is 1. The molecule has 3 N–H and O–H groups in total. The van der Waals surface area contributed by atoms with Gasteiger partial charge in [0.2, 0.25) is 0 Å². The number of likely N-dealkylation sites (tertiary alicyclic amines) is 1. The van der Waals surface area contributed by atoms with Crippen molar-refractivity contribution >= 4 is 22.8 Å². The molecule has 5 rings (SSSR count). The van der Waals surface area contributed by atoms with Gasteiger partial charge in [-0.1, -0.05) is 0 Å². The summed E-state index contributed by atoms with van der Waals surface area (Å²) < 4.78 is 49.4. The molecule has 12 heteroatoms. The molecule has 0 spiro atoms. The zero-order chi connectivity index (χ0) is 26.5. The van der Waals surface area contributed by atoms with Crippen molar-refractivity contribution in [2.24, 2.45) is 5.92 Å². The monoisotopic (exact) mass is 517 g/mol. The molecule has 1 saturated carbocycles. The van der Waals surface area contributed by atoms with Gasteiger partial charge in [0.25, 0.3) is 17.7 Å². The molecule has 0 radical (unpaired) electrons. The van der Waals surface area contributed by atoms with Crippen LogP contribution in [0.25, 0.3) is 22.3 Å². The Morgan fingerprint density at radius 1 is 1.32 bits per heavy atom. The highest BCUT2D eigenvalue weighted by molar-refractivity contribution is 6.09. The van der Waals surface area contributed by atoms with E-state index in [0.717, 1.165) is 17.7 Å². The number of ether oxygens (including phenoxy) is 1. The van der Waals surface area contributed by atoms with Crippen LogP contribution in [0.5, 0.6) is 5.75 Å². The van der Waals surface area contributed by atoms with Crippen LogP contribution in [-0.4, -0.2) is 74.5 Å². The number of aliphatic hydroxyl groups is 1. The maximum absolute atomic E-state index is 14.6.